The molecular formula is C27H36As2N2O2. The van der Waals surface area contributed by atoms with Crippen LogP contribution in [0.4, 0.5) is 5.69 Å². The van der Waals surface area contributed by atoms with Crippen LogP contribution in [0.1, 0.15) is 57.1 Å². The first-order valence-electron chi connectivity index (χ1n) is 11.9. The topological polar surface area (TPSA) is 49.4 Å². The first-order valence-corrected chi connectivity index (χ1v) is 15.5. The first kappa shape index (κ1) is 25.9. The molecule has 0 aliphatic heterocycles. The predicted octanol–water partition coefficient (Wildman–Crippen LogP) is 3.73. The fraction of sp³-hybridized carbons (Fsp3) is 0.407. The average Bonchev–Trinajstić information content (AvgIpc) is 2.81. The summed E-state index contributed by atoms with van der Waals surface area (Å²) in [6, 6.07) is 16.0. The standard InChI is InChI=1S/C27H36As2N2O2/c1-20(2)31(29-19-23-8-4-3-5-9-23)27(33)18-22-14-12-21(13-15-22)16-17-26(32)30-25-11-7-6-10-24(25)28/h6-7,10-17,20,23,29H,3-5,8-9,18-19,28H2,1-2H3,(H,30,32)/b17-16+. The Hall–Kier alpha value is -1.76. The maximum atomic E-state index is 13.0. The van der Waals surface area contributed by atoms with Gasteiger partial charge in [-0.3, -0.25) is 0 Å². The van der Waals surface area contributed by atoms with Crippen molar-refractivity contribution in [3.63, 3.8) is 0 Å². The van der Waals surface area contributed by atoms with E-state index >= 15 is 0 Å². The molecule has 1 aliphatic rings. The predicted molar refractivity (Wildman–Crippen MR) is 143 cm³/mol. The normalized spacial score (nSPS) is 14.9. The van der Waals surface area contributed by atoms with Crippen LogP contribution in [0.5, 0.6) is 0 Å². The summed E-state index contributed by atoms with van der Waals surface area (Å²) >= 11 is 1.07. The van der Waals surface area contributed by atoms with Crippen molar-refractivity contribution < 1.29 is 9.59 Å². The van der Waals surface area contributed by atoms with Gasteiger partial charge in [0, 0.05) is 0 Å². The van der Waals surface area contributed by atoms with Gasteiger partial charge < -0.3 is 0 Å². The van der Waals surface area contributed by atoms with E-state index in [4.69, 9.17) is 0 Å². The van der Waals surface area contributed by atoms with Gasteiger partial charge in [0.05, 0.1) is 0 Å². The summed E-state index contributed by atoms with van der Waals surface area (Å²) in [7, 11) is 0. The van der Waals surface area contributed by atoms with Crippen LogP contribution < -0.4 is 9.67 Å². The van der Waals surface area contributed by atoms with Gasteiger partial charge in [-0.2, -0.15) is 0 Å². The third-order valence-electron chi connectivity index (χ3n) is 6.04. The van der Waals surface area contributed by atoms with Crippen molar-refractivity contribution >= 4 is 60.8 Å². The van der Waals surface area contributed by atoms with Crippen molar-refractivity contribution in [3.05, 3.63) is 65.7 Å². The van der Waals surface area contributed by atoms with Gasteiger partial charge in [0.15, 0.2) is 0 Å². The van der Waals surface area contributed by atoms with Crippen LogP contribution in [0, 0.1) is 5.92 Å². The second-order valence-corrected chi connectivity index (χ2v) is 12.9. The molecule has 2 aromatic carbocycles. The van der Waals surface area contributed by atoms with Gasteiger partial charge in [-0.25, -0.2) is 0 Å². The number of hydrogen-bond acceptors (Lipinski definition) is 2. The van der Waals surface area contributed by atoms with E-state index in [1.807, 2.05) is 48.5 Å². The van der Waals surface area contributed by atoms with Gasteiger partial charge in [-0.15, -0.1) is 0 Å². The van der Waals surface area contributed by atoms with Crippen molar-refractivity contribution in [1.29, 1.82) is 0 Å². The molecule has 2 amide bonds. The number of amides is 2. The first-order chi connectivity index (χ1) is 15.9. The molecule has 33 heavy (non-hydrogen) atoms. The van der Waals surface area contributed by atoms with Crippen LogP contribution in [-0.2, 0) is 16.0 Å². The van der Waals surface area contributed by atoms with E-state index in [-0.39, 0.29) is 17.9 Å². The summed E-state index contributed by atoms with van der Waals surface area (Å²) in [6.07, 6.45) is 10.6. The Morgan fingerprint density at radius 3 is 2.45 bits per heavy atom. The molecule has 1 fully saturated rings. The molecule has 0 radical (unpaired) electrons. The maximum absolute atomic E-state index is 13.0. The van der Waals surface area contributed by atoms with Crippen LogP contribution in [0.3, 0.4) is 0 Å². The molecule has 1 saturated carbocycles. The molecule has 6 heteroatoms. The van der Waals surface area contributed by atoms with E-state index in [2.05, 4.69) is 23.0 Å². The van der Waals surface area contributed by atoms with E-state index in [0.29, 0.717) is 6.42 Å². The Balaban J connectivity index is 1.51. The molecule has 0 bridgehead atoms. The molecule has 0 aromatic heterocycles. The summed E-state index contributed by atoms with van der Waals surface area (Å²) in [5.74, 6) is 0.945. The van der Waals surface area contributed by atoms with Crippen molar-refractivity contribution in [3.8, 4) is 0 Å². The van der Waals surface area contributed by atoms with E-state index in [9.17, 15) is 9.59 Å². The van der Waals surface area contributed by atoms with Crippen molar-refractivity contribution in [2.75, 3.05) is 5.32 Å². The zero-order valence-electron chi connectivity index (χ0n) is 19.7. The molecule has 0 saturated heterocycles. The molecule has 1 aliphatic carbocycles. The van der Waals surface area contributed by atoms with E-state index in [1.54, 1.807) is 12.2 Å². The van der Waals surface area contributed by atoms with Crippen LogP contribution in [0.25, 0.3) is 6.08 Å². The molecule has 176 valence electrons. The monoisotopic (exact) mass is 570 g/mol. The zero-order valence-corrected chi connectivity index (χ0v) is 24.2. The second kappa shape index (κ2) is 13.2. The van der Waals surface area contributed by atoms with Crippen LogP contribution in [0.2, 0.25) is 5.21 Å². The third-order valence-corrected chi connectivity index (χ3v) is 11.0. The summed E-state index contributed by atoms with van der Waals surface area (Å²) < 4.78 is 3.26. The summed E-state index contributed by atoms with van der Waals surface area (Å²) in [5.41, 5.74) is 2.82. The number of rotatable bonds is 9. The van der Waals surface area contributed by atoms with E-state index < -0.39 is 16.0 Å². The molecule has 3 rings (SSSR count). The van der Waals surface area contributed by atoms with Crippen molar-refractivity contribution in [2.24, 2.45) is 5.92 Å². The number of para-hydroxylation sites is 1. The summed E-state index contributed by atoms with van der Waals surface area (Å²) in [6.45, 7) is 4.28. The minimum atomic E-state index is -0.413. The zero-order chi connectivity index (χ0) is 23.6. The Morgan fingerprint density at radius 2 is 1.79 bits per heavy atom. The molecule has 0 heterocycles. The van der Waals surface area contributed by atoms with Gasteiger partial charge in [0.2, 0.25) is 0 Å². The number of carbonyl (C=O) groups excluding carboxylic acids is 2. The number of benzene rings is 2. The number of nitrogens with zero attached hydrogens (tertiary/aromatic N) is 1. The molecule has 0 spiro atoms. The Labute approximate surface area is 214 Å². The number of carbonyl (C=O) groups is 2. The van der Waals surface area contributed by atoms with Gasteiger partial charge in [0.25, 0.3) is 0 Å². The minimum absolute atomic E-state index is 0.144. The van der Waals surface area contributed by atoms with Gasteiger partial charge in [0.1, 0.15) is 0 Å². The molecule has 1 N–H and O–H groups in total. The van der Waals surface area contributed by atoms with E-state index in [0.717, 1.165) is 27.1 Å². The molecule has 2 unspecified atom stereocenters. The third kappa shape index (κ3) is 8.51. The SMILES string of the molecule is CC(C)N([AsH]CC1CCCCC1)C(=O)Cc1ccc(/C=C/C(=O)Nc2ccccc2[AsH2])cc1. The van der Waals surface area contributed by atoms with Crippen LogP contribution >= 0.6 is 0 Å². The fourth-order valence-electron chi connectivity index (χ4n) is 4.14. The average molecular weight is 570 g/mol. The number of hydrogen-bond donors (Lipinski definition) is 1. The quantitative estimate of drug-likeness (QED) is 0.369. The Bertz CT molecular complexity index is 951. The van der Waals surface area contributed by atoms with E-state index in [1.165, 1.54) is 54.2 Å². The van der Waals surface area contributed by atoms with Gasteiger partial charge in [-0.05, 0) is 0 Å². The molecule has 4 nitrogen and oxygen atoms in total. The van der Waals surface area contributed by atoms with Gasteiger partial charge >= 0.3 is 215 Å². The number of nitrogens with one attached hydrogen (secondary N) is 1. The molecule has 2 aromatic rings. The van der Waals surface area contributed by atoms with Gasteiger partial charge in [-0.1, -0.05) is 0 Å². The summed E-state index contributed by atoms with van der Waals surface area (Å²) in [4.78, 5) is 25.2. The van der Waals surface area contributed by atoms with Crippen LogP contribution in [0.15, 0.2) is 54.6 Å². The Kier molecular flexibility index (Phi) is 10.3. The summed E-state index contributed by atoms with van der Waals surface area (Å²) in [5, 5.41) is 4.17. The fourth-order valence-corrected chi connectivity index (χ4v) is 7.84. The van der Waals surface area contributed by atoms with Crippen LogP contribution in [-0.4, -0.2) is 54.5 Å². The Morgan fingerprint density at radius 1 is 1.09 bits per heavy atom. The van der Waals surface area contributed by atoms with Crippen molar-refractivity contribution in [2.45, 2.75) is 63.6 Å². The molecule has 2 atom stereocenters. The second-order valence-electron chi connectivity index (χ2n) is 9.05. The van der Waals surface area contributed by atoms with Crippen molar-refractivity contribution in [1.82, 2.24) is 3.82 Å². The molecular weight excluding hydrogens is 534 g/mol. The number of anilines is 1.